The maximum atomic E-state index is 11.7. The molecule has 1 fully saturated rings. The molecule has 1 amide bonds. The number of hydrogen-bond donors (Lipinski definition) is 2. The zero-order chi connectivity index (χ0) is 17.9. The number of carboxylic acid groups (broad SMARTS) is 1. The number of benzene rings is 1. The number of rotatable bonds is 5. The van der Waals surface area contributed by atoms with E-state index in [1.54, 1.807) is 0 Å². The summed E-state index contributed by atoms with van der Waals surface area (Å²) in [5, 5.41) is 9.15. The molecule has 130 valence electrons. The van der Waals surface area contributed by atoms with Crippen LogP contribution in [0.3, 0.4) is 0 Å². The second kappa shape index (κ2) is 7.62. The molecule has 0 radical (unpaired) electrons. The van der Waals surface area contributed by atoms with E-state index in [0.29, 0.717) is 25.9 Å². The van der Waals surface area contributed by atoms with Crippen molar-refractivity contribution in [3.8, 4) is 0 Å². The van der Waals surface area contributed by atoms with Gasteiger partial charge in [-0.2, -0.15) is 0 Å². The Hall–Kier alpha value is -2.14. The third kappa shape index (κ3) is 4.23. The number of aryl methyl sites for hydroxylation is 3. The molecule has 5 heteroatoms. The highest BCUT2D eigenvalue weighted by Gasteiger charge is 2.34. The van der Waals surface area contributed by atoms with Gasteiger partial charge in [-0.15, -0.1) is 0 Å². The zero-order valence-corrected chi connectivity index (χ0v) is 14.6. The van der Waals surface area contributed by atoms with Crippen LogP contribution in [0, 0.1) is 26.7 Å². The van der Waals surface area contributed by atoms with Crippen molar-refractivity contribution in [1.29, 1.82) is 0 Å². The number of carboxylic acids is 1. The number of likely N-dealkylation sites (tertiary alicyclic amines) is 1. The molecule has 1 aliphatic heterocycles. The fourth-order valence-electron chi connectivity index (χ4n) is 3.51. The van der Waals surface area contributed by atoms with Gasteiger partial charge in [0.05, 0.1) is 12.0 Å². The molecule has 0 spiro atoms. The van der Waals surface area contributed by atoms with E-state index in [2.05, 4.69) is 39.0 Å². The minimum Gasteiger partial charge on any atom is -0.481 e. The summed E-state index contributed by atoms with van der Waals surface area (Å²) in [5.41, 5.74) is 10.3. The Morgan fingerprint density at radius 1 is 1.29 bits per heavy atom. The molecule has 1 heterocycles. The minimum absolute atomic E-state index is 0.293. The summed E-state index contributed by atoms with van der Waals surface area (Å²) in [6.07, 6.45) is 4.95. The third-order valence-electron chi connectivity index (χ3n) is 4.75. The summed E-state index contributed by atoms with van der Waals surface area (Å²) < 4.78 is 0. The van der Waals surface area contributed by atoms with Crippen molar-refractivity contribution in [2.24, 2.45) is 11.7 Å². The fourth-order valence-corrected chi connectivity index (χ4v) is 3.51. The molecule has 1 aromatic rings. The fraction of sp³-hybridized carbons (Fsp3) is 0.474. The summed E-state index contributed by atoms with van der Waals surface area (Å²) in [7, 11) is 0. The zero-order valence-electron chi connectivity index (χ0n) is 14.6. The van der Waals surface area contributed by atoms with Gasteiger partial charge in [0.1, 0.15) is 0 Å². The standard InChI is InChI=1S/C19H26N2O3/c1-12-9-13(2)16(14(3)10-12)5-4-7-21-8-6-15(19(23)24)11-17(21)18(20)22/h4-5,9-10,15,17H,6-8,11H2,1-3H3,(H2,20,22)(H,23,24)/t15-,17+/m0/s1. The van der Waals surface area contributed by atoms with Gasteiger partial charge < -0.3 is 10.8 Å². The molecule has 3 N–H and O–H groups in total. The molecular formula is C19H26N2O3. The van der Waals surface area contributed by atoms with Crippen LogP contribution in [0.15, 0.2) is 18.2 Å². The lowest BCUT2D eigenvalue weighted by molar-refractivity contribution is -0.144. The molecular weight excluding hydrogens is 304 g/mol. The monoisotopic (exact) mass is 330 g/mol. The van der Waals surface area contributed by atoms with Gasteiger partial charge in [0, 0.05) is 13.1 Å². The van der Waals surface area contributed by atoms with Crippen molar-refractivity contribution in [3.05, 3.63) is 40.5 Å². The number of carbonyl (C=O) groups is 2. The van der Waals surface area contributed by atoms with Gasteiger partial charge in [-0.3, -0.25) is 14.5 Å². The highest BCUT2D eigenvalue weighted by Crippen LogP contribution is 2.23. The second-order valence-corrected chi connectivity index (χ2v) is 6.69. The van der Waals surface area contributed by atoms with Crippen molar-refractivity contribution in [1.82, 2.24) is 4.90 Å². The first kappa shape index (κ1) is 18.2. The predicted octanol–water partition coefficient (Wildman–Crippen LogP) is 2.28. The first-order valence-corrected chi connectivity index (χ1v) is 8.30. The van der Waals surface area contributed by atoms with Crippen LogP contribution in [-0.2, 0) is 9.59 Å². The molecule has 0 unspecified atom stereocenters. The highest BCUT2D eigenvalue weighted by molar-refractivity contribution is 5.81. The van der Waals surface area contributed by atoms with Crippen molar-refractivity contribution in [2.45, 2.75) is 39.7 Å². The van der Waals surface area contributed by atoms with Gasteiger partial charge >= 0.3 is 5.97 Å². The maximum absolute atomic E-state index is 11.7. The van der Waals surface area contributed by atoms with E-state index >= 15 is 0 Å². The molecule has 1 aliphatic rings. The van der Waals surface area contributed by atoms with Crippen LogP contribution >= 0.6 is 0 Å². The van der Waals surface area contributed by atoms with Crippen LogP contribution in [-0.4, -0.2) is 41.0 Å². The van der Waals surface area contributed by atoms with Crippen LogP contribution in [0.2, 0.25) is 0 Å². The average Bonchev–Trinajstić information content (AvgIpc) is 2.49. The smallest absolute Gasteiger partial charge is 0.306 e. The molecule has 0 aliphatic carbocycles. The largest absolute Gasteiger partial charge is 0.481 e. The van der Waals surface area contributed by atoms with Crippen molar-refractivity contribution in [3.63, 3.8) is 0 Å². The number of hydrogen-bond acceptors (Lipinski definition) is 3. The summed E-state index contributed by atoms with van der Waals surface area (Å²) in [6, 6.07) is 3.79. The Bertz CT molecular complexity index is 644. The topological polar surface area (TPSA) is 83.6 Å². The number of carbonyl (C=O) groups excluding carboxylic acids is 1. The van der Waals surface area contributed by atoms with Crippen molar-refractivity contribution < 1.29 is 14.7 Å². The molecule has 5 nitrogen and oxygen atoms in total. The summed E-state index contributed by atoms with van der Waals surface area (Å²) >= 11 is 0. The lowest BCUT2D eigenvalue weighted by atomic mass is 9.90. The molecule has 0 saturated carbocycles. The average molecular weight is 330 g/mol. The first-order valence-electron chi connectivity index (χ1n) is 8.30. The normalized spacial score (nSPS) is 22.0. The summed E-state index contributed by atoms with van der Waals surface area (Å²) in [6.45, 7) is 7.42. The van der Waals surface area contributed by atoms with E-state index in [0.717, 1.165) is 0 Å². The van der Waals surface area contributed by atoms with E-state index in [1.165, 1.54) is 22.3 Å². The van der Waals surface area contributed by atoms with E-state index in [4.69, 9.17) is 10.8 Å². The number of primary amides is 1. The predicted molar refractivity (Wildman–Crippen MR) is 94.6 cm³/mol. The molecule has 1 saturated heterocycles. The van der Waals surface area contributed by atoms with Gasteiger partial charge in [-0.05, 0) is 50.3 Å². The van der Waals surface area contributed by atoms with E-state index in [1.807, 2.05) is 11.0 Å². The third-order valence-corrected chi connectivity index (χ3v) is 4.75. The lowest BCUT2D eigenvalue weighted by Gasteiger charge is -2.35. The quantitative estimate of drug-likeness (QED) is 0.867. The SMILES string of the molecule is Cc1cc(C)c(C=CCN2CC[C@H](C(=O)O)C[C@@H]2C(N)=O)c(C)c1. The van der Waals surface area contributed by atoms with Crippen molar-refractivity contribution in [2.75, 3.05) is 13.1 Å². The summed E-state index contributed by atoms with van der Waals surface area (Å²) in [5.74, 6) is -1.77. The van der Waals surface area contributed by atoms with E-state index < -0.39 is 23.8 Å². The Labute approximate surface area is 143 Å². The number of nitrogens with zero attached hydrogens (tertiary/aromatic N) is 1. The maximum Gasteiger partial charge on any atom is 0.306 e. The number of nitrogens with two attached hydrogens (primary N) is 1. The molecule has 24 heavy (non-hydrogen) atoms. The van der Waals surface area contributed by atoms with E-state index in [9.17, 15) is 9.59 Å². The molecule has 1 aromatic carbocycles. The second-order valence-electron chi connectivity index (χ2n) is 6.69. The Balaban J connectivity index is 2.08. The van der Waals surface area contributed by atoms with Crippen LogP contribution < -0.4 is 5.73 Å². The number of piperidine rings is 1. The highest BCUT2D eigenvalue weighted by atomic mass is 16.4. The van der Waals surface area contributed by atoms with Crippen LogP contribution in [0.5, 0.6) is 0 Å². The van der Waals surface area contributed by atoms with Gasteiger partial charge in [-0.1, -0.05) is 29.8 Å². The molecule has 0 aromatic heterocycles. The van der Waals surface area contributed by atoms with Gasteiger partial charge in [-0.25, -0.2) is 0 Å². The minimum atomic E-state index is -0.845. The lowest BCUT2D eigenvalue weighted by Crippen LogP contribution is -2.50. The molecule has 2 atom stereocenters. The Morgan fingerprint density at radius 3 is 2.46 bits per heavy atom. The Kier molecular flexibility index (Phi) is 5.78. The molecule has 2 rings (SSSR count). The number of amides is 1. The summed E-state index contributed by atoms with van der Waals surface area (Å²) in [4.78, 5) is 24.8. The van der Waals surface area contributed by atoms with Crippen molar-refractivity contribution >= 4 is 18.0 Å². The van der Waals surface area contributed by atoms with E-state index in [-0.39, 0.29) is 0 Å². The molecule has 0 bridgehead atoms. The van der Waals surface area contributed by atoms with Gasteiger partial charge in [0.15, 0.2) is 0 Å². The Morgan fingerprint density at radius 2 is 1.92 bits per heavy atom. The van der Waals surface area contributed by atoms with Crippen LogP contribution in [0.4, 0.5) is 0 Å². The first-order chi connectivity index (χ1) is 11.3. The number of aliphatic carboxylic acids is 1. The van der Waals surface area contributed by atoms with Gasteiger partial charge in [0.2, 0.25) is 5.91 Å². The van der Waals surface area contributed by atoms with Crippen LogP contribution in [0.25, 0.3) is 6.08 Å². The van der Waals surface area contributed by atoms with Gasteiger partial charge in [0.25, 0.3) is 0 Å². The van der Waals surface area contributed by atoms with Crippen LogP contribution in [0.1, 0.15) is 35.1 Å².